The van der Waals surface area contributed by atoms with E-state index in [0.29, 0.717) is 0 Å². The molecule has 0 heterocycles. The van der Waals surface area contributed by atoms with Gasteiger partial charge >= 0.3 is 0 Å². The highest BCUT2D eigenvalue weighted by Crippen LogP contribution is 2.15. The number of aryl methyl sites for hydroxylation is 2. The van der Waals surface area contributed by atoms with Crippen LogP contribution in [0.25, 0.3) is 0 Å². The molecule has 0 fully saturated rings. The molecule has 0 amide bonds. The number of benzene rings is 1. The Balaban J connectivity index is 2.77. The molecule has 0 radical (unpaired) electrons. The second kappa shape index (κ2) is 4.40. The Hall–Kier alpha value is -1.64. The highest BCUT2D eigenvalue weighted by Gasteiger charge is 1.94. The van der Waals surface area contributed by atoms with Gasteiger partial charge in [0.1, 0.15) is 0 Å². The van der Waals surface area contributed by atoms with Gasteiger partial charge in [0.2, 0.25) is 0 Å². The lowest BCUT2D eigenvalue weighted by Crippen LogP contribution is -1.92. The number of nitrogens with one attached hydrogen (secondary N) is 2. The van der Waals surface area contributed by atoms with Gasteiger partial charge in [-0.25, -0.2) is 0 Å². The maximum Gasteiger partial charge on any atom is 0.0648 e. The van der Waals surface area contributed by atoms with Gasteiger partial charge in [0.15, 0.2) is 0 Å². The molecule has 0 bridgehead atoms. The molecule has 3 heteroatoms. The average Bonchev–Trinajstić information content (AvgIpc) is 2.09. The maximum absolute atomic E-state index is 6.74. The first-order chi connectivity index (χ1) is 6.24. The van der Waals surface area contributed by atoms with Crippen LogP contribution in [-0.4, -0.2) is 12.4 Å². The number of nitrogens with zero attached hydrogens (tertiary/aromatic N) is 1. The summed E-state index contributed by atoms with van der Waals surface area (Å²) in [6, 6.07) is 6.09. The fraction of sp³-hybridized carbons (Fsp3) is 0.200. The van der Waals surface area contributed by atoms with Crippen molar-refractivity contribution in [3.8, 4) is 0 Å². The number of hydrogen-bond donors (Lipinski definition) is 2. The summed E-state index contributed by atoms with van der Waals surface area (Å²) in [5, 5.41) is 10.6. The SMILES string of the molecule is Cc1ccc(N/N=C\C=N)c(C)c1. The van der Waals surface area contributed by atoms with Crippen LogP contribution in [0.3, 0.4) is 0 Å². The predicted octanol–water partition coefficient (Wildman–Crippen LogP) is 2.35. The summed E-state index contributed by atoms with van der Waals surface area (Å²) in [4.78, 5) is 0. The van der Waals surface area contributed by atoms with Crippen LogP contribution < -0.4 is 5.43 Å². The molecule has 1 rings (SSSR count). The third kappa shape index (κ3) is 2.71. The molecule has 0 aliphatic rings. The Morgan fingerprint density at radius 1 is 1.38 bits per heavy atom. The van der Waals surface area contributed by atoms with Crippen LogP contribution in [0.2, 0.25) is 0 Å². The smallest absolute Gasteiger partial charge is 0.0648 e. The summed E-state index contributed by atoms with van der Waals surface area (Å²) in [6.07, 6.45) is 2.54. The van der Waals surface area contributed by atoms with Gasteiger partial charge in [-0.1, -0.05) is 17.7 Å². The van der Waals surface area contributed by atoms with Gasteiger partial charge in [0.25, 0.3) is 0 Å². The van der Waals surface area contributed by atoms with Crippen LogP contribution in [0.4, 0.5) is 5.69 Å². The lowest BCUT2D eigenvalue weighted by Gasteiger charge is -2.04. The van der Waals surface area contributed by atoms with Crippen LogP contribution >= 0.6 is 0 Å². The molecule has 0 aliphatic carbocycles. The molecule has 13 heavy (non-hydrogen) atoms. The van der Waals surface area contributed by atoms with E-state index in [1.165, 1.54) is 11.8 Å². The van der Waals surface area contributed by atoms with Gasteiger partial charge in [0.05, 0.1) is 11.9 Å². The van der Waals surface area contributed by atoms with E-state index in [4.69, 9.17) is 5.41 Å². The summed E-state index contributed by atoms with van der Waals surface area (Å²) >= 11 is 0. The van der Waals surface area contributed by atoms with Crippen molar-refractivity contribution >= 4 is 18.1 Å². The van der Waals surface area contributed by atoms with E-state index in [1.807, 2.05) is 19.1 Å². The number of rotatable bonds is 3. The standard InChI is InChI=1S/C10H13N3/c1-8-3-4-10(9(2)7-8)13-12-6-5-11/h3-7,11,13H,1-2H3/b11-5?,12-6-. The van der Waals surface area contributed by atoms with E-state index >= 15 is 0 Å². The monoisotopic (exact) mass is 175 g/mol. The zero-order chi connectivity index (χ0) is 9.68. The van der Waals surface area contributed by atoms with Crippen molar-refractivity contribution in [2.75, 3.05) is 5.43 Å². The van der Waals surface area contributed by atoms with E-state index in [1.54, 1.807) is 0 Å². The van der Waals surface area contributed by atoms with Crippen molar-refractivity contribution in [1.82, 2.24) is 0 Å². The topological polar surface area (TPSA) is 48.2 Å². The highest BCUT2D eigenvalue weighted by molar-refractivity contribution is 6.14. The fourth-order valence-electron chi connectivity index (χ4n) is 1.08. The summed E-state index contributed by atoms with van der Waals surface area (Å²) in [5.74, 6) is 0. The molecule has 3 nitrogen and oxygen atoms in total. The first-order valence-corrected chi connectivity index (χ1v) is 4.09. The summed E-state index contributed by atoms with van der Waals surface area (Å²) in [6.45, 7) is 4.08. The molecule has 0 saturated carbocycles. The van der Waals surface area contributed by atoms with Crippen molar-refractivity contribution in [2.24, 2.45) is 5.10 Å². The van der Waals surface area contributed by atoms with E-state index < -0.39 is 0 Å². The van der Waals surface area contributed by atoms with E-state index in [9.17, 15) is 0 Å². The van der Waals surface area contributed by atoms with Gasteiger partial charge in [-0.05, 0) is 25.5 Å². The first-order valence-electron chi connectivity index (χ1n) is 4.09. The zero-order valence-electron chi connectivity index (χ0n) is 7.83. The Labute approximate surface area is 78.0 Å². The van der Waals surface area contributed by atoms with Crippen LogP contribution in [-0.2, 0) is 0 Å². The third-order valence-corrected chi connectivity index (χ3v) is 1.72. The first kappa shape index (κ1) is 9.45. The van der Waals surface area contributed by atoms with Crippen LogP contribution in [0.1, 0.15) is 11.1 Å². The molecule has 0 spiro atoms. The fourth-order valence-corrected chi connectivity index (χ4v) is 1.08. The van der Waals surface area contributed by atoms with Crippen molar-refractivity contribution in [3.05, 3.63) is 29.3 Å². The molecule has 1 aromatic carbocycles. The molecule has 0 aromatic heterocycles. The molecule has 68 valence electrons. The summed E-state index contributed by atoms with van der Waals surface area (Å²) in [5.41, 5.74) is 6.22. The molecular weight excluding hydrogens is 162 g/mol. The Morgan fingerprint density at radius 3 is 2.77 bits per heavy atom. The summed E-state index contributed by atoms with van der Waals surface area (Å²) in [7, 11) is 0. The molecule has 0 saturated heterocycles. The normalized spacial score (nSPS) is 10.3. The predicted molar refractivity (Wildman–Crippen MR) is 56.8 cm³/mol. The van der Waals surface area contributed by atoms with Crippen molar-refractivity contribution < 1.29 is 0 Å². The lowest BCUT2D eigenvalue weighted by atomic mass is 10.1. The van der Waals surface area contributed by atoms with Crippen LogP contribution in [0.15, 0.2) is 23.3 Å². The second-order valence-electron chi connectivity index (χ2n) is 2.88. The van der Waals surface area contributed by atoms with E-state index in [-0.39, 0.29) is 0 Å². The van der Waals surface area contributed by atoms with Gasteiger partial charge in [-0.3, -0.25) is 5.43 Å². The zero-order valence-corrected chi connectivity index (χ0v) is 7.83. The van der Waals surface area contributed by atoms with E-state index in [2.05, 4.69) is 23.5 Å². The number of anilines is 1. The van der Waals surface area contributed by atoms with Gasteiger partial charge in [0, 0.05) is 6.21 Å². The average molecular weight is 175 g/mol. The molecule has 0 aliphatic heterocycles. The molecule has 2 N–H and O–H groups in total. The van der Waals surface area contributed by atoms with Gasteiger partial charge < -0.3 is 5.41 Å². The van der Waals surface area contributed by atoms with Crippen LogP contribution in [0.5, 0.6) is 0 Å². The minimum atomic E-state index is 0.976. The molecule has 0 unspecified atom stereocenters. The molecule has 0 atom stereocenters. The second-order valence-corrected chi connectivity index (χ2v) is 2.88. The summed E-state index contributed by atoms with van der Waals surface area (Å²) < 4.78 is 0. The third-order valence-electron chi connectivity index (χ3n) is 1.72. The highest BCUT2D eigenvalue weighted by atomic mass is 15.3. The van der Waals surface area contributed by atoms with Crippen molar-refractivity contribution in [2.45, 2.75) is 13.8 Å². The quantitative estimate of drug-likeness (QED) is 0.537. The van der Waals surface area contributed by atoms with Crippen molar-refractivity contribution in [3.63, 3.8) is 0 Å². The maximum atomic E-state index is 6.74. The van der Waals surface area contributed by atoms with Gasteiger partial charge in [-0.2, -0.15) is 5.10 Å². The largest absolute Gasteiger partial charge is 0.307 e. The minimum absolute atomic E-state index is 0.976. The molecule has 1 aromatic rings. The van der Waals surface area contributed by atoms with E-state index in [0.717, 1.165) is 17.5 Å². The Kier molecular flexibility index (Phi) is 3.20. The number of hydrazone groups is 1. The number of hydrogen-bond acceptors (Lipinski definition) is 3. The molecular formula is C10H13N3. The van der Waals surface area contributed by atoms with Crippen molar-refractivity contribution in [1.29, 1.82) is 5.41 Å². The lowest BCUT2D eigenvalue weighted by molar-refractivity contribution is 1.29. The minimum Gasteiger partial charge on any atom is -0.307 e. The Morgan fingerprint density at radius 2 is 2.15 bits per heavy atom. The van der Waals surface area contributed by atoms with Gasteiger partial charge in [-0.15, -0.1) is 0 Å². The Bertz CT molecular complexity index is 329. The van der Waals surface area contributed by atoms with Crippen LogP contribution in [0, 0.1) is 19.3 Å².